The van der Waals surface area contributed by atoms with Gasteiger partial charge in [-0.2, -0.15) is 0 Å². The summed E-state index contributed by atoms with van der Waals surface area (Å²) >= 11 is 0. The monoisotopic (exact) mass is 286 g/mol. The molecule has 0 radical (unpaired) electrons. The van der Waals surface area contributed by atoms with Crippen LogP contribution in [0.4, 0.5) is 0 Å². The summed E-state index contributed by atoms with van der Waals surface area (Å²) < 4.78 is 6.07. The van der Waals surface area contributed by atoms with Gasteiger partial charge in [-0.3, -0.25) is 4.79 Å². The molecule has 21 heavy (non-hydrogen) atoms. The third-order valence-corrected chi connectivity index (χ3v) is 4.78. The smallest absolute Gasteiger partial charge is 0.312 e. The van der Waals surface area contributed by atoms with Crippen LogP contribution >= 0.6 is 0 Å². The van der Waals surface area contributed by atoms with Gasteiger partial charge in [0.25, 0.3) is 0 Å². The van der Waals surface area contributed by atoms with E-state index in [4.69, 9.17) is 4.74 Å². The van der Waals surface area contributed by atoms with E-state index in [0.717, 1.165) is 43.2 Å². The highest BCUT2D eigenvalue weighted by Gasteiger charge is 2.42. The van der Waals surface area contributed by atoms with E-state index in [-0.39, 0.29) is 5.97 Å². The van der Waals surface area contributed by atoms with E-state index in [9.17, 15) is 4.79 Å². The van der Waals surface area contributed by atoms with Crippen molar-refractivity contribution < 1.29 is 9.53 Å². The fraction of sp³-hybridized carbons (Fsp3) is 0.526. The van der Waals surface area contributed by atoms with E-state index in [1.54, 1.807) is 0 Å². The maximum atomic E-state index is 12.5. The van der Waals surface area contributed by atoms with Crippen LogP contribution in [-0.2, 0) is 15.1 Å². The summed E-state index contributed by atoms with van der Waals surface area (Å²) in [6, 6.07) is 8.22. The second-order valence-electron chi connectivity index (χ2n) is 6.66. The van der Waals surface area contributed by atoms with Gasteiger partial charge in [0, 0.05) is 0 Å². The quantitative estimate of drug-likeness (QED) is 0.706. The van der Waals surface area contributed by atoms with Crippen LogP contribution in [0.25, 0.3) is 6.08 Å². The Hall–Kier alpha value is -1.57. The predicted molar refractivity (Wildman–Crippen MR) is 86.8 cm³/mol. The molecule has 0 bridgehead atoms. The van der Waals surface area contributed by atoms with E-state index < -0.39 is 11.0 Å². The van der Waals surface area contributed by atoms with E-state index in [1.165, 1.54) is 0 Å². The Labute approximate surface area is 128 Å². The molecule has 0 N–H and O–H groups in total. The van der Waals surface area contributed by atoms with Gasteiger partial charge in [0.2, 0.25) is 0 Å². The highest BCUT2D eigenvalue weighted by Crippen LogP contribution is 2.44. The third kappa shape index (κ3) is 3.20. The van der Waals surface area contributed by atoms with Gasteiger partial charge in [-0.05, 0) is 63.1 Å². The Morgan fingerprint density at radius 3 is 2.62 bits per heavy atom. The molecule has 1 saturated carbocycles. The van der Waals surface area contributed by atoms with E-state index in [0.29, 0.717) is 0 Å². The lowest BCUT2D eigenvalue weighted by Gasteiger charge is -2.33. The fourth-order valence-electron chi connectivity index (χ4n) is 2.80. The van der Waals surface area contributed by atoms with Gasteiger partial charge in [0.15, 0.2) is 0 Å². The van der Waals surface area contributed by atoms with Crippen LogP contribution in [0.3, 0.4) is 0 Å². The van der Waals surface area contributed by atoms with Crippen LogP contribution in [0.5, 0.6) is 0 Å². The summed E-state index contributed by atoms with van der Waals surface area (Å²) in [5, 5.41) is 0. The molecule has 0 aliphatic heterocycles. The van der Waals surface area contributed by atoms with Crippen molar-refractivity contribution in [1.82, 2.24) is 0 Å². The summed E-state index contributed by atoms with van der Waals surface area (Å²) in [5.74, 6) is -0.0871. The van der Waals surface area contributed by atoms with Gasteiger partial charge in [-0.1, -0.05) is 37.8 Å². The Kier molecular flexibility index (Phi) is 4.55. The largest absolute Gasteiger partial charge is 0.454 e. The average molecular weight is 286 g/mol. The number of ether oxygens (including phenoxy) is 1. The van der Waals surface area contributed by atoms with Crippen molar-refractivity contribution in [2.24, 2.45) is 5.41 Å². The molecule has 0 aromatic heterocycles. The second kappa shape index (κ2) is 6.05. The summed E-state index contributed by atoms with van der Waals surface area (Å²) in [6.45, 7) is 9.77. The summed E-state index contributed by atoms with van der Waals surface area (Å²) in [6.07, 6.45) is 6.67. The van der Waals surface area contributed by atoms with Gasteiger partial charge < -0.3 is 4.74 Å². The molecule has 0 heterocycles. The highest BCUT2D eigenvalue weighted by molar-refractivity contribution is 5.76. The topological polar surface area (TPSA) is 26.3 Å². The number of rotatable bonds is 5. The van der Waals surface area contributed by atoms with Crippen LogP contribution in [0.1, 0.15) is 64.0 Å². The Morgan fingerprint density at radius 2 is 2.05 bits per heavy atom. The standard InChI is InChI=1S/C19H26O2/c1-5-15-10-9-11-16(14-15)19(12-7-8-13-19)21-17(20)18(3,4)6-2/h5,9-11,14H,1,6-8,12-13H2,2-4H3. The number of carbonyl (C=O) groups excluding carboxylic acids is 1. The van der Waals surface area contributed by atoms with E-state index >= 15 is 0 Å². The molecule has 0 saturated heterocycles. The Balaban J connectivity index is 2.32. The zero-order chi connectivity index (χ0) is 15.5. The molecule has 2 nitrogen and oxygen atoms in total. The first-order valence-corrected chi connectivity index (χ1v) is 7.90. The molecule has 1 aliphatic rings. The summed E-state index contributed by atoms with van der Waals surface area (Å²) in [7, 11) is 0. The summed E-state index contributed by atoms with van der Waals surface area (Å²) in [5.41, 5.74) is 1.32. The van der Waals surface area contributed by atoms with Gasteiger partial charge in [-0.25, -0.2) is 0 Å². The van der Waals surface area contributed by atoms with Crippen LogP contribution in [0.15, 0.2) is 30.8 Å². The lowest BCUT2D eigenvalue weighted by atomic mass is 9.87. The molecule has 1 aliphatic carbocycles. The first kappa shape index (κ1) is 15.8. The maximum absolute atomic E-state index is 12.5. The predicted octanol–water partition coefficient (Wildman–Crippen LogP) is 5.08. The third-order valence-electron chi connectivity index (χ3n) is 4.78. The molecule has 0 atom stereocenters. The van der Waals surface area contributed by atoms with Crippen molar-refractivity contribution >= 4 is 12.0 Å². The molecule has 1 fully saturated rings. The van der Waals surface area contributed by atoms with Crippen molar-refractivity contribution in [2.75, 3.05) is 0 Å². The molecule has 1 aromatic rings. The van der Waals surface area contributed by atoms with Crippen LogP contribution < -0.4 is 0 Å². The average Bonchev–Trinajstić information content (AvgIpc) is 2.97. The number of hydrogen-bond acceptors (Lipinski definition) is 2. The second-order valence-corrected chi connectivity index (χ2v) is 6.66. The number of hydrogen-bond donors (Lipinski definition) is 0. The van der Waals surface area contributed by atoms with Gasteiger partial charge in [0.05, 0.1) is 5.41 Å². The van der Waals surface area contributed by atoms with Gasteiger partial charge in [0.1, 0.15) is 5.60 Å². The van der Waals surface area contributed by atoms with E-state index in [2.05, 4.69) is 18.7 Å². The minimum absolute atomic E-state index is 0.0871. The van der Waals surface area contributed by atoms with Crippen LogP contribution in [-0.4, -0.2) is 5.97 Å². The van der Waals surface area contributed by atoms with Crippen LogP contribution in [0, 0.1) is 5.41 Å². The first-order chi connectivity index (χ1) is 9.93. The SMILES string of the molecule is C=Cc1cccc(C2(OC(=O)C(C)(C)CC)CCCC2)c1. The molecule has 0 spiro atoms. The number of esters is 1. The normalized spacial score (nSPS) is 17.5. The maximum Gasteiger partial charge on any atom is 0.312 e. The Morgan fingerprint density at radius 1 is 1.38 bits per heavy atom. The fourth-order valence-corrected chi connectivity index (χ4v) is 2.80. The minimum atomic E-state index is -0.442. The lowest BCUT2D eigenvalue weighted by molar-refractivity contribution is -0.171. The minimum Gasteiger partial charge on any atom is -0.454 e. The zero-order valence-electron chi connectivity index (χ0n) is 13.4. The van der Waals surface area contributed by atoms with Gasteiger partial charge in [-0.15, -0.1) is 0 Å². The van der Waals surface area contributed by atoms with Gasteiger partial charge >= 0.3 is 5.97 Å². The number of carbonyl (C=O) groups is 1. The molecule has 114 valence electrons. The van der Waals surface area contributed by atoms with E-state index in [1.807, 2.05) is 39.0 Å². The highest BCUT2D eigenvalue weighted by atomic mass is 16.6. The van der Waals surface area contributed by atoms with Crippen molar-refractivity contribution in [2.45, 2.75) is 58.5 Å². The molecular formula is C19H26O2. The van der Waals surface area contributed by atoms with Crippen LogP contribution in [0.2, 0.25) is 0 Å². The molecule has 0 unspecified atom stereocenters. The Bertz CT molecular complexity index is 522. The molecule has 2 rings (SSSR count). The number of benzene rings is 1. The van der Waals surface area contributed by atoms with Crippen molar-refractivity contribution in [1.29, 1.82) is 0 Å². The van der Waals surface area contributed by atoms with Crippen molar-refractivity contribution in [3.63, 3.8) is 0 Å². The van der Waals surface area contributed by atoms with Crippen molar-refractivity contribution in [3.8, 4) is 0 Å². The zero-order valence-corrected chi connectivity index (χ0v) is 13.4. The lowest BCUT2D eigenvalue weighted by Crippen LogP contribution is -2.36. The molecule has 2 heteroatoms. The summed E-state index contributed by atoms with van der Waals surface area (Å²) in [4.78, 5) is 12.5. The molecule has 0 amide bonds. The molecule has 1 aromatic carbocycles. The molecular weight excluding hydrogens is 260 g/mol. The van der Waals surface area contributed by atoms with Crippen molar-refractivity contribution in [3.05, 3.63) is 42.0 Å². The first-order valence-electron chi connectivity index (χ1n) is 7.90.